The van der Waals surface area contributed by atoms with Gasteiger partial charge in [-0.3, -0.25) is 9.59 Å². The number of halogens is 1. The monoisotopic (exact) mass is 446 g/mol. The largest absolute Gasteiger partial charge is 0.373 e. The Balaban J connectivity index is 1.63. The average Bonchev–Trinajstić information content (AvgIpc) is 2.93. The summed E-state index contributed by atoms with van der Waals surface area (Å²) in [5.74, 6) is -0.580. The number of carbonyl (C=O) groups is 2. The molecule has 2 heterocycles. The molecule has 31 heavy (non-hydrogen) atoms. The van der Waals surface area contributed by atoms with E-state index in [0.29, 0.717) is 21.2 Å². The second kappa shape index (κ2) is 7.91. The molecule has 0 spiro atoms. The fraction of sp³-hybridized carbons (Fsp3) is 0.120. The molecule has 3 aromatic carbocycles. The highest BCUT2D eigenvalue weighted by molar-refractivity contribution is 8.04. The maximum absolute atomic E-state index is 13.6. The number of benzene rings is 3. The van der Waals surface area contributed by atoms with Crippen LogP contribution in [0.4, 0.5) is 11.4 Å². The average molecular weight is 447 g/mol. The second-order valence-corrected chi connectivity index (χ2v) is 8.92. The van der Waals surface area contributed by atoms with Crippen LogP contribution in [0.3, 0.4) is 0 Å². The Kier molecular flexibility index (Phi) is 5.08. The number of aryl methyl sites for hydroxylation is 1. The third-order valence-corrected chi connectivity index (χ3v) is 7.00. The van der Waals surface area contributed by atoms with Crippen molar-refractivity contribution in [3.8, 4) is 0 Å². The van der Waals surface area contributed by atoms with Crippen molar-refractivity contribution >= 4 is 46.6 Å². The van der Waals surface area contributed by atoms with Gasteiger partial charge < -0.3 is 5.32 Å². The number of nitrogens with one attached hydrogen (secondary N) is 1. The number of anilines is 2. The van der Waals surface area contributed by atoms with Crippen molar-refractivity contribution in [2.24, 2.45) is 0 Å². The Morgan fingerprint density at radius 3 is 2.35 bits per heavy atom. The van der Waals surface area contributed by atoms with Crippen molar-refractivity contribution in [3.63, 3.8) is 0 Å². The van der Waals surface area contributed by atoms with E-state index in [-0.39, 0.29) is 11.8 Å². The molecule has 0 aromatic heterocycles. The van der Waals surface area contributed by atoms with Gasteiger partial charge in [0, 0.05) is 15.6 Å². The molecule has 154 valence electrons. The number of para-hydroxylation sites is 1. The number of nitrogens with zero attached hydrogens (tertiary/aromatic N) is 1. The van der Waals surface area contributed by atoms with Crippen molar-refractivity contribution in [3.05, 3.63) is 99.4 Å². The molecule has 2 aliphatic heterocycles. The zero-order valence-electron chi connectivity index (χ0n) is 16.8. The molecule has 0 radical (unpaired) electrons. The first-order chi connectivity index (χ1) is 15.1. The number of amides is 2. The molecule has 3 aromatic rings. The van der Waals surface area contributed by atoms with Crippen LogP contribution in [0.2, 0.25) is 5.02 Å². The number of hydrogen-bond donors (Lipinski definition) is 1. The minimum absolute atomic E-state index is 0.285. The van der Waals surface area contributed by atoms with E-state index in [1.165, 1.54) is 16.7 Å². The van der Waals surface area contributed by atoms with E-state index in [1.807, 2.05) is 60.7 Å². The van der Waals surface area contributed by atoms with Gasteiger partial charge in [-0.25, -0.2) is 4.90 Å². The number of carbonyl (C=O) groups excluding carboxylic acids is 2. The zero-order chi connectivity index (χ0) is 21.5. The molecule has 0 saturated carbocycles. The first kappa shape index (κ1) is 19.9. The van der Waals surface area contributed by atoms with Crippen molar-refractivity contribution in [1.29, 1.82) is 0 Å². The summed E-state index contributed by atoms with van der Waals surface area (Å²) < 4.78 is 0. The number of thioether (sulfide) groups is 1. The molecular weight excluding hydrogens is 428 g/mol. The van der Waals surface area contributed by atoms with Gasteiger partial charge in [0.2, 0.25) is 0 Å². The lowest BCUT2D eigenvalue weighted by molar-refractivity contribution is -0.120. The molecule has 2 amide bonds. The predicted molar refractivity (Wildman–Crippen MR) is 125 cm³/mol. The summed E-state index contributed by atoms with van der Waals surface area (Å²) in [6.45, 7) is 2.07. The molecular formula is C25H19ClN2O2S. The SMILES string of the molecule is CCc1ccc(N2C(=O)C3=C(C2=O)C(c2ccc(Cl)cc2)Nc2ccccc2S3)cc1. The highest BCUT2D eigenvalue weighted by Gasteiger charge is 2.45. The molecule has 0 bridgehead atoms. The molecule has 4 nitrogen and oxygen atoms in total. The fourth-order valence-electron chi connectivity index (χ4n) is 3.91. The van der Waals surface area contributed by atoms with Crippen LogP contribution in [-0.4, -0.2) is 11.8 Å². The van der Waals surface area contributed by atoms with Crippen LogP contribution in [0.1, 0.15) is 24.1 Å². The van der Waals surface area contributed by atoms with Gasteiger partial charge in [-0.05, 0) is 53.9 Å². The van der Waals surface area contributed by atoms with E-state index in [2.05, 4.69) is 12.2 Å². The molecule has 1 N–H and O–H groups in total. The first-order valence-corrected chi connectivity index (χ1v) is 11.3. The van der Waals surface area contributed by atoms with Crippen molar-refractivity contribution in [2.45, 2.75) is 24.3 Å². The molecule has 2 aliphatic rings. The van der Waals surface area contributed by atoms with Gasteiger partial charge in [-0.1, -0.05) is 66.7 Å². The highest BCUT2D eigenvalue weighted by atomic mass is 35.5. The highest BCUT2D eigenvalue weighted by Crippen LogP contribution is 2.48. The van der Waals surface area contributed by atoms with Gasteiger partial charge in [0.1, 0.15) is 0 Å². The molecule has 0 saturated heterocycles. The van der Waals surface area contributed by atoms with Crippen LogP contribution in [0.25, 0.3) is 0 Å². The maximum Gasteiger partial charge on any atom is 0.272 e. The number of rotatable bonds is 3. The van der Waals surface area contributed by atoms with E-state index in [0.717, 1.165) is 28.1 Å². The van der Waals surface area contributed by atoms with E-state index >= 15 is 0 Å². The summed E-state index contributed by atoms with van der Waals surface area (Å²) >= 11 is 7.44. The molecule has 0 fully saturated rings. The normalized spacial score (nSPS) is 17.9. The summed E-state index contributed by atoms with van der Waals surface area (Å²) in [6, 6.07) is 22.3. The van der Waals surface area contributed by atoms with Gasteiger partial charge in [0.05, 0.1) is 22.2 Å². The van der Waals surface area contributed by atoms with Crippen molar-refractivity contribution in [1.82, 2.24) is 0 Å². The minimum Gasteiger partial charge on any atom is -0.373 e. The van der Waals surface area contributed by atoms with Gasteiger partial charge in [0.15, 0.2) is 0 Å². The minimum atomic E-state index is -0.459. The second-order valence-electron chi connectivity index (χ2n) is 7.44. The number of hydrogen-bond acceptors (Lipinski definition) is 4. The summed E-state index contributed by atoms with van der Waals surface area (Å²) in [5, 5.41) is 4.10. The van der Waals surface area contributed by atoms with Crippen LogP contribution in [0.5, 0.6) is 0 Å². The van der Waals surface area contributed by atoms with Crippen LogP contribution in [0.15, 0.2) is 88.2 Å². The standard InChI is InChI=1S/C25H19ClN2O2S/c1-2-15-7-13-18(14-8-15)28-24(29)21-22(16-9-11-17(26)12-10-16)27-19-5-3-4-6-20(19)31-23(21)25(28)30/h3-14,22,27H,2H2,1H3. The molecule has 1 unspecified atom stereocenters. The predicted octanol–water partition coefficient (Wildman–Crippen LogP) is 5.99. The van der Waals surface area contributed by atoms with Crippen LogP contribution >= 0.6 is 23.4 Å². The van der Waals surface area contributed by atoms with Gasteiger partial charge in [-0.15, -0.1) is 0 Å². The molecule has 5 rings (SSSR count). The Hall–Kier alpha value is -3.02. The van der Waals surface area contributed by atoms with Crippen molar-refractivity contribution < 1.29 is 9.59 Å². The van der Waals surface area contributed by atoms with Gasteiger partial charge in [-0.2, -0.15) is 0 Å². The first-order valence-electron chi connectivity index (χ1n) is 10.1. The molecule has 0 aliphatic carbocycles. The van der Waals surface area contributed by atoms with Gasteiger partial charge >= 0.3 is 0 Å². The lowest BCUT2D eigenvalue weighted by Gasteiger charge is -2.22. The number of fused-ring (bicyclic) bond motifs is 1. The summed E-state index contributed by atoms with van der Waals surface area (Å²) in [7, 11) is 0. The summed E-state index contributed by atoms with van der Waals surface area (Å²) in [6.07, 6.45) is 0.895. The third-order valence-electron chi connectivity index (χ3n) is 5.57. The van der Waals surface area contributed by atoms with E-state index in [1.54, 1.807) is 12.1 Å². The summed E-state index contributed by atoms with van der Waals surface area (Å²) in [4.78, 5) is 29.8. The Morgan fingerprint density at radius 2 is 1.65 bits per heavy atom. The quantitative estimate of drug-likeness (QED) is 0.502. The lowest BCUT2D eigenvalue weighted by Crippen LogP contribution is -2.33. The fourth-order valence-corrected chi connectivity index (χ4v) is 5.14. The number of imide groups is 1. The smallest absolute Gasteiger partial charge is 0.272 e. The molecule has 6 heteroatoms. The van der Waals surface area contributed by atoms with Crippen LogP contribution in [0, 0.1) is 0 Å². The maximum atomic E-state index is 13.6. The molecule has 1 atom stereocenters. The van der Waals surface area contributed by atoms with Gasteiger partial charge in [0.25, 0.3) is 11.8 Å². The van der Waals surface area contributed by atoms with E-state index < -0.39 is 6.04 Å². The Morgan fingerprint density at radius 1 is 0.935 bits per heavy atom. The van der Waals surface area contributed by atoms with E-state index in [4.69, 9.17) is 11.6 Å². The third kappa shape index (κ3) is 3.44. The zero-order valence-corrected chi connectivity index (χ0v) is 18.3. The summed E-state index contributed by atoms with van der Waals surface area (Å²) in [5.41, 5.74) is 3.97. The Labute approximate surface area is 189 Å². The van der Waals surface area contributed by atoms with Crippen LogP contribution < -0.4 is 10.2 Å². The Bertz CT molecular complexity index is 1220. The van der Waals surface area contributed by atoms with Crippen LogP contribution in [-0.2, 0) is 16.0 Å². The van der Waals surface area contributed by atoms with E-state index in [9.17, 15) is 9.59 Å². The lowest BCUT2D eigenvalue weighted by atomic mass is 9.98. The van der Waals surface area contributed by atoms with Crippen molar-refractivity contribution in [2.75, 3.05) is 10.2 Å². The topological polar surface area (TPSA) is 49.4 Å².